The monoisotopic (exact) mass is 357 g/mol. The molecule has 0 saturated carbocycles. The number of amides is 2. The van der Waals surface area contributed by atoms with E-state index in [0.717, 1.165) is 5.56 Å². The Labute approximate surface area is 146 Å². The van der Waals surface area contributed by atoms with E-state index in [4.69, 9.17) is 16.3 Å². The zero-order valence-electron chi connectivity index (χ0n) is 12.8. The van der Waals surface area contributed by atoms with E-state index in [1.165, 1.54) is 10.6 Å². The minimum Gasteiger partial charge on any atom is -0.482 e. The number of aromatic nitrogens is 3. The van der Waals surface area contributed by atoms with Crippen molar-refractivity contribution in [2.24, 2.45) is 0 Å². The predicted molar refractivity (Wildman–Crippen MR) is 89.7 cm³/mol. The molecule has 0 unspecified atom stereocenters. The largest absolute Gasteiger partial charge is 0.482 e. The first-order valence-corrected chi connectivity index (χ1v) is 7.82. The van der Waals surface area contributed by atoms with Crippen LogP contribution in [-0.4, -0.2) is 33.0 Å². The maximum Gasteiger partial charge on any atom is 0.270 e. The van der Waals surface area contributed by atoms with Crippen LogP contribution in [0.4, 0.5) is 5.69 Å². The van der Waals surface area contributed by atoms with Gasteiger partial charge in [-0.15, -0.1) is 0 Å². The Kier molecular flexibility index (Phi) is 3.73. The summed E-state index contributed by atoms with van der Waals surface area (Å²) in [5.74, 6) is 0.0413. The van der Waals surface area contributed by atoms with Gasteiger partial charge in [-0.1, -0.05) is 17.7 Å². The molecule has 2 aromatic heterocycles. The van der Waals surface area contributed by atoms with Crippen molar-refractivity contribution in [3.63, 3.8) is 0 Å². The Morgan fingerprint density at radius 1 is 1.36 bits per heavy atom. The summed E-state index contributed by atoms with van der Waals surface area (Å²) < 4.78 is 6.73. The van der Waals surface area contributed by atoms with Crippen molar-refractivity contribution < 1.29 is 14.3 Å². The Bertz CT molecular complexity index is 1000. The van der Waals surface area contributed by atoms with Crippen LogP contribution in [-0.2, 0) is 11.3 Å². The fourth-order valence-electron chi connectivity index (χ4n) is 2.50. The zero-order valence-corrected chi connectivity index (χ0v) is 13.6. The third kappa shape index (κ3) is 2.99. The molecule has 1 aromatic carbocycles. The molecule has 25 heavy (non-hydrogen) atoms. The fourth-order valence-corrected chi connectivity index (χ4v) is 2.74. The molecule has 2 amide bonds. The van der Waals surface area contributed by atoms with Crippen LogP contribution in [0.2, 0.25) is 5.15 Å². The summed E-state index contributed by atoms with van der Waals surface area (Å²) >= 11 is 6.08. The van der Waals surface area contributed by atoms with Gasteiger partial charge in [0.05, 0.1) is 11.9 Å². The zero-order chi connectivity index (χ0) is 17.4. The number of ether oxygens (including phenoxy) is 1. The van der Waals surface area contributed by atoms with E-state index in [-0.39, 0.29) is 30.7 Å². The molecule has 0 fully saturated rings. The molecule has 0 spiro atoms. The number of rotatable bonds is 3. The number of nitrogens with zero attached hydrogens (tertiary/aromatic N) is 3. The highest BCUT2D eigenvalue weighted by atomic mass is 35.5. The van der Waals surface area contributed by atoms with E-state index in [1.807, 2.05) is 6.07 Å². The van der Waals surface area contributed by atoms with Gasteiger partial charge in [0, 0.05) is 18.7 Å². The molecule has 8 nitrogen and oxygen atoms in total. The summed E-state index contributed by atoms with van der Waals surface area (Å²) in [5, 5.41) is 9.81. The first-order valence-electron chi connectivity index (χ1n) is 7.44. The first kappa shape index (κ1) is 15.4. The Hall–Kier alpha value is -3.13. The molecule has 3 aromatic rings. The average molecular weight is 358 g/mol. The number of anilines is 1. The van der Waals surface area contributed by atoms with Gasteiger partial charge in [-0.2, -0.15) is 5.10 Å². The van der Waals surface area contributed by atoms with Crippen molar-refractivity contribution >= 4 is 34.7 Å². The van der Waals surface area contributed by atoms with Gasteiger partial charge < -0.3 is 15.4 Å². The standard InChI is InChI=1S/C16H12ClN5O3/c17-13-6-11(20-14-3-4-19-22(13)14)16(24)18-7-9-1-2-12-10(5-9)21-15(23)8-25-12/h1-6H,7-8H2,(H,18,24)(H,21,23). The van der Waals surface area contributed by atoms with Gasteiger partial charge in [-0.05, 0) is 17.7 Å². The number of carbonyl (C=O) groups excluding carboxylic acids is 2. The minimum atomic E-state index is -0.358. The summed E-state index contributed by atoms with van der Waals surface area (Å²) in [7, 11) is 0. The minimum absolute atomic E-state index is 0.00653. The van der Waals surface area contributed by atoms with Crippen molar-refractivity contribution in [2.75, 3.05) is 11.9 Å². The normalized spacial score (nSPS) is 13.1. The van der Waals surface area contributed by atoms with Gasteiger partial charge in [0.2, 0.25) is 0 Å². The number of carbonyl (C=O) groups is 2. The molecule has 0 radical (unpaired) electrons. The first-order chi connectivity index (χ1) is 12.1. The van der Waals surface area contributed by atoms with E-state index < -0.39 is 0 Å². The number of halogens is 1. The highest BCUT2D eigenvalue weighted by molar-refractivity contribution is 6.30. The smallest absolute Gasteiger partial charge is 0.270 e. The lowest BCUT2D eigenvalue weighted by molar-refractivity contribution is -0.118. The summed E-state index contributed by atoms with van der Waals surface area (Å²) in [5.41, 5.74) is 2.10. The second kappa shape index (κ2) is 6.06. The van der Waals surface area contributed by atoms with Crippen LogP contribution in [0.1, 0.15) is 16.1 Å². The van der Waals surface area contributed by atoms with Crippen molar-refractivity contribution in [1.29, 1.82) is 0 Å². The Morgan fingerprint density at radius 2 is 2.24 bits per heavy atom. The van der Waals surface area contributed by atoms with Crippen LogP contribution in [0, 0.1) is 0 Å². The lowest BCUT2D eigenvalue weighted by Gasteiger charge is -2.18. The second-order valence-electron chi connectivity index (χ2n) is 5.42. The number of hydrogen-bond acceptors (Lipinski definition) is 5. The maximum atomic E-state index is 12.3. The van der Waals surface area contributed by atoms with Gasteiger partial charge in [-0.3, -0.25) is 9.59 Å². The second-order valence-corrected chi connectivity index (χ2v) is 5.80. The third-order valence-electron chi connectivity index (χ3n) is 3.68. The molecule has 0 saturated heterocycles. The molecule has 9 heteroatoms. The Balaban J connectivity index is 1.49. The highest BCUT2D eigenvalue weighted by Crippen LogP contribution is 2.28. The molecule has 126 valence electrons. The van der Waals surface area contributed by atoms with Crippen molar-refractivity contribution in [1.82, 2.24) is 19.9 Å². The number of nitrogens with one attached hydrogen (secondary N) is 2. The maximum absolute atomic E-state index is 12.3. The molecular weight excluding hydrogens is 346 g/mol. The number of fused-ring (bicyclic) bond motifs is 2. The Morgan fingerprint density at radius 3 is 3.12 bits per heavy atom. The van der Waals surface area contributed by atoms with Crippen molar-refractivity contribution in [3.05, 3.63) is 52.9 Å². The lowest BCUT2D eigenvalue weighted by atomic mass is 10.1. The quantitative estimate of drug-likeness (QED) is 0.694. The van der Waals surface area contributed by atoms with Crippen molar-refractivity contribution in [2.45, 2.75) is 6.54 Å². The van der Waals surface area contributed by atoms with E-state index in [9.17, 15) is 9.59 Å². The van der Waals surface area contributed by atoms with E-state index >= 15 is 0 Å². The van der Waals surface area contributed by atoms with E-state index in [0.29, 0.717) is 22.2 Å². The molecule has 0 bridgehead atoms. The number of benzene rings is 1. The highest BCUT2D eigenvalue weighted by Gasteiger charge is 2.16. The predicted octanol–water partition coefficient (Wildman–Crippen LogP) is 1.64. The SMILES string of the molecule is O=C1COc2ccc(CNC(=O)c3cc(Cl)n4nccc4n3)cc2N1. The van der Waals surface area contributed by atoms with Crippen LogP contribution >= 0.6 is 11.6 Å². The molecule has 1 aliphatic rings. The molecule has 4 rings (SSSR count). The van der Waals surface area contributed by atoms with Crippen LogP contribution in [0.5, 0.6) is 5.75 Å². The van der Waals surface area contributed by atoms with Crippen LogP contribution in [0.25, 0.3) is 5.65 Å². The van der Waals surface area contributed by atoms with Gasteiger partial charge in [-0.25, -0.2) is 9.50 Å². The molecule has 3 heterocycles. The van der Waals surface area contributed by atoms with Crippen LogP contribution in [0.15, 0.2) is 36.5 Å². The molecule has 1 aliphatic heterocycles. The van der Waals surface area contributed by atoms with Gasteiger partial charge in [0.25, 0.3) is 11.8 Å². The summed E-state index contributed by atoms with van der Waals surface area (Å²) in [6, 6.07) is 8.45. The van der Waals surface area contributed by atoms with Crippen LogP contribution in [0.3, 0.4) is 0 Å². The lowest BCUT2D eigenvalue weighted by Crippen LogP contribution is -2.26. The van der Waals surface area contributed by atoms with E-state index in [2.05, 4.69) is 20.7 Å². The fraction of sp³-hybridized carbons (Fsp3) is 0.125. The molecule has 0 atom stereocenters. The van der Waals surface area contributed by atoms with Gasteiger partial charge in [0.1, 0.15) is 16.6 Å². The van der Waals surface area contributed by atoms with Crippen LogP contribution < -0.4 is 15.4 Å². The van der Waals surface area contributed by atoms with Gasteiger partial charge in [0.15, 0.2) is 12.3 Å². The van der Waals surface area contributed by atoms with Gasteiger partial charge >= 0.3 is 0 Å². The number of hydrogen-bond donors (Lipinski definition) is 2. The summed E-state index contributed by atoms with van der Waals surface area (Å²) in [6.07, 6.45) is 1.55. The molecular formula is C16H12ClN5O3. The third-order valence-corrected chi connectivity index (χ3v) is 3.95. The summed E-state index contributed by atoms with van der Waals surface area (Å²) in [4.78, 5) is 27.9. The van der Waals surface area contributed by atoms with E-state index in [1.54, 1.807) is 24.4 Å². The topological polar surface area (TPSA) is 97.6 Å². The molecule has 2 N–H and O–H groups in total. The molecule has 0 aliphatic carbocycles. The average Bonchev–Trinajstić information content (AvgIpc) is 3.08. The van der Waals surface area contributed by atoms with Crippen molar-refractivity contribution in [3.8, 4) is 5.75 Å². The summed E-state index contributed by atoms with van der Waals surface area (Å²) in [6.45, 7) is 0.276.